The normalized spacial score (nSPS) is 15.5. The molecule has 2 aromatic rings. The van der Waals surface area contributed by atoms with Crippen LogP contribution in [-0.4, -0.2) is 29.0 Å². The van der Waals surface area contributed by atoms with Crippen LogP contribution in [0.1, 0.15) is 30.1 Å². The topological polar surface area (TPSA) is 58.1 Å². The van der Waals surface area contributed by atoms with Crippen molar-refractivity contribution in [3.05, 3.63) is 46.8 Å². The van der Waals surface area contributed by atoms with Gasteiger partial charge in [-0.3, -0.25) is 9.78 Å². The second-order valence-electron chi connectivity index (χ2n) is 5.92. The lowest BCUT2D eigenvalue weighted by Crippen LogP contribution is -2.33. The highest BCUT2D eigenvalue weighted by molar-refractivity contribution is 9.10. The number of pyridine rings is 2. The van der Waals surface area contributed by atoms with E-state index in [0.29, 0.717) is 11.3 Å². The predicted molar refractivity (Wildman–Crippen MR) is 94.7 cm³/mol. The number of halogens is 1. The van der Waals surface area contributed by atoms with Crippen molar-refractivity contribution >= 4 is 33.3 Å². The molecule has 1 saturated heterocycles. The molecule has 1 amide bonds. The van der Waals surface area contributed by atoms with Crippen molar-refractivity contribution in [3.63, 3.8) is 0 Å². The van der Waals surface area contributed by atoms with Gasteiger partial charge >= 0.3 is 0 Å². The van der Waals surface area contributed by atoms with E-state index in [-0.39, 0.29) is 5.91 Å². The molecule has 0 aromatic carbocycles. The predicted octanol–water partition coefficient (Wildman–Crippen LogP) is 3.73. The van der Waals surface area contributed by atoms with Crippen molar-refractivity contribution in [3.8, 4) is 0 Å². The largest absolute Gasteiger partial charge is 0.357 e. The van der Waals surface area contributed by atoms with Crippen molar-refractivity contribution in [1.29, 1.82) is 0 Å². The molecule has 0 atom stereocenters. The van der Waals surface area contributed by atoms with Crippen LogP contribution < -0.4 is 10.2 Å². The summed E-state index contributed by atoms with van der Waals surface area (Å²) in [5, 5.41) is 2.84. The van der Waals surface area contributed by atoms with Crippen molar-refractivity contribution in [2.24, 2.45) is 5.92 Å². The zero-order valence-corrected chi connectivity index (χ0v) is 14.6. The van der Waals surface area contributed by atoms with Crippen LogP contribution in [-0.2, 0) is 0 Å². The molecule has 3 rings (SSSR count). The molecule has 1 aliphatic rings. The standard InChI is InChI=1S/C17H19BrN4O/c1-12-4-6-22(7-5-12)16-3-2-15(11-20-16)21-17(23)13-8-14(18)10-19-9-13/h2-3,8-12H,4-7H2,1H3,(H,21,23). The summed E-state index contributed by atoms with van der Waals surface area (Å²) in [5.41, 5.74) is 1.19. The molecule has 6 heteroatoms. The fraction of sp³-hybridized carbons (Fsp3) is 0.353. The van der Waals surface area contributed by atoms with Gasteiger partial charge in [0.2, 0.25) is 0 Å². The maximum Gasteiger partial charge on any atom is 0.257 e. The maximum absolute atomic E-state index is 12.2. The number of nitrogens with zero attached hydrogens (tertiary/aromatic N) is 3. The van der Waals surface area contributed by atoms with E-state index in [0.717, 1.165) is 29.3 Å². The Balaban J connectivity index is 1.64. The molecule has 1 fully saturated rings. The number of amides is 1. The van der Waals surface area contributed by atoms with E-state index in [1.54, 1.807) is 18.5 Å². The van der Waals surface area contributed by atoms with E-state index in [1.165, 1.54) is 19.0 Å². The number of aromatic nitrogens is 2. The second kappa shape index (κ2) is 7.08. The van der Waals surface area contributed by atoms with Gasteiger partial charge in [-0.05, 0) is 52.9 Å². The molecule has 5 nitrogen and oxygen atoms in total. The van der Waals surface area contributed by atoms with Gasteiger partial charge in [0, 0.05) is 30.0 Å². The zero-order valence-electron chi connectivity index (χ0n) is 13.0. The van der Waals surface area contributed by atoms with E-state index in [4.69, 9.17) is 0 Å². The Kier molecular flexibility index (Phi) is 4.91. The number of hydrogen-bond acceptors (Lipinski definition) is 4. The molecule has 2 aromatic heterocycles. The fourth-order valence-corrected chi connectivity index (χ4v) is 2.99. The van der Waals surface area contributed by atoms with Crippen LogP contribution in [0.4, 0.5) is 11.5 Å². The molecule has 0 unspecified atom stereocenters. The fourth-order valence-electron chi connectivity index (χ4n) is 2.62. The first kappa shape index (κ1) is 15.9. The Bertz CT molecular complexity index is 681. The third-order valence-electron chi connectivity index (χ3n) is 4.08. The first-order valence-electron chi connectivity index (χ1n) is 7.75. The number of carbonyl (C=O) groups is 1. The van der Waals surface area contributed by atoms with E-state index >= 15 is 0 Å². The van der Waals surface area contributed by atoms with Crippen LogP contribution in [0.15, 0.2) is 41.3 Å². The Hall–Kier alpha value is -1.95. The highest BCUT2D eigenvalue weighted by Crippen LogP contribution is 2.22. The van der Waals surface area contributed by atoms with Gasteiger partial charge in [-0.25, -0.2) is 4.98 Å². The SMILES string of the molecule is CC1CCN(c2ccc(NC(=O)c3cncc(Br)c3)cn2)CC1. The average molecular weight is 375 g/mol. The van der Waals surface area contributed by atoms with Crippen molar-refractivity contribution < 1.29 is 4.79 Å². The number of anilines is 2. The van der Waals surface area contributed by atoms with Crippen LogP contribution in [0.5, 0.6) is 0 Å². The lowest BCUT2D eigenvalue weighted by atomic mass is 9.99. The molecule has 0 bridgehead atoms. The lowest BCUT2D eigenvalue weighted by molar-refractivity contribution is 0.102. The molecule has 1 aliphatic heterocycles. The monoisotopic (exact) mass is 374 g/mol. The highest BCUT2D eigenvalue weighted by Gasteiger charge is 2.17. The van der Waals surface area contributed by atoms with Crippen LogP contribution in [0.25, 0.3) is 0 Å². The second-order valence-corrected chi connectivity index (χ2v) is 6.84. The summed E-state index contributed by atoms with van der Waals surface area (Å²) in [7, 11) is 0. The van der Waals surface area contributed by atoms with Crippen molar-refractivity contribution in [1.82, 2.24) is 9.97 Å². The van der Waals surface area contributed by atoms with Gasteiger partial charge in [-0.1, -0.05) is 6.92 Å². The minimum absolute atomic E-state index is 0.194. The summed E-state index contributed by atoms with van der Waals surface area (Å²) in [4.78, 5) is 23.0. The smallest absolute Gasteiger partial charge is 0.257 e. The third kappa shape index (κ3) is 4.07. The zero-order chi connectivity index (χ0) is 16.2. The Morgan fingerprint density at radius 1 is 1.26 bits per heavy atom. The Morgan fingerprint density at radius 2 is 2.04 bits per heavy atom. The summed E-state index contributed by atoms with van der Waals surface area (Å²) in [5.74, 6) is 1.57. The van der Waals surface area contributed by atoms with E-state index in [1.807, 2.05) is 12.1 Å². The van der Waals surface area contributed by atoms with E-state index in [9.17, 15) is 4.79 Å². The van der Waals surface area contributed by atoms with Crippen LogP contribution in [0.2, 0.25) is 0 Å². The average Bonchev–Trinajstić information content (AvgIpc) is 2.56. The van der Waals surface area contributed by atoms with Gasteiger partial charge in [0.25, 0.3) is 5.91 Å². The lowest BCUT2D eigenvalue weighted by Gasteiger charge is -2.31. The highest BCUT2D eigenvalue weighted by atomic mass is 79.9. The van der Waals surface area contributed by atoms with Gasteiger partial charge in [-0.15, -0.1) is 0 Å². The van der Waals surface area contributed by atoms with Crippen LogP contribution in [0, 0.1) is 5.92 Å². The minimum atomic E-state index is -0.194. The van der Waals surface area contributed by atoms with Crippen molar-refractivity contribution in [2.75, 3.05) is 23.3 Å². The minimum Gasteiger partial charge on any atom is -0.357 e. The van der Waals surface area contributed by atoms with Gasteiger partial charge in [0.15, 0.2) is 0 Å². The molecular formula is C17H19BrN4O. The first-order valence-corrected chi connectivity index (χ1v) is 8.54. The molecule has 23 heavy (non-hydrogen) atoms. The van der Waals surface area contributed by atoms with Crippen molar-refractivity contribution in [2.45, 2.75) is 19.8 Å². The number of rotatable bonds is 3. The van der Waals surface area contributed by atoms with Crippen LogP contribution in [0.3, 0.4) is 0 Å². The van der Waals surface area contributed by atoms with E-state index in [2.05, 4.69) is 43.0 Å². The molecule has 120 valence electrons. The molecule has 1 N–H and O–H groups in total. The quantitative estimate of drug-likeness (QED) is 0.888. The molecule has 0 aliphatic carbocycles. The summed E-state index contributed by atoms with van der Waals surface area (Å²) in [6, 6.07) is 5.59. The Labute approximate surface area is 144 Å². The third-order valence-corrected chi connectivity index (χ3v) is 4.51. The summed E-state index contributed by atoms with van der Waals surface area (Å²) in [6.45, 7) is 4.38. The molecule has 3 heterocycles. The summed E-state index contributed by atoms with van der Waals surface area (Å²) < 4.78 is 0.776. The summed E-state index contributed by atoms with van der Waals surface area (Å²) in [6.07, 6.45) is 7.30. The maximum atomic E-state index is 12.2. The molecule has 0 radical (unpaired) electrons. The van der Waals surface area contributed by atoms with Crippen LogP contribution >= 0.6 is 15.9 Å². The summed E-state index contributed by atoms with van der Waals surface area (Å²) >= 11 is 3.31. The van der Waals surface area contributed by atoms with Gasteiger partial charge in [0.1, 0.15) is 5.82 Å². The molecule has 0 saturated carbocycles. The van der Waals surface area contributed by atoms with Gasteiger partial charge in [0.05, 0.1) is 17.4 Å². The van der Waals surface area contributed by atoms with E-state index < -0.39 is 0 Å². The van der Waals surface area contributed by atoms with Gasteiger partial charge < -0.3 is 10.2 Å². The Morgan fingerprint density at radius 3 is 2.70 bits per heavy atom. The first-order chi connectivity index (χ1) is 11.1. The number of piperidine rings is 1. The number of nitrogens with one attached hydrogen (secondary N) is 1. The van der Waals surface area contributed by atoms with Gasteiger partial charge in [-0.2, -0.15) is 0 Å². The molecule has 0 spiro atoms. The molecular weight excluding hydrogens is 356 g/mol. The number of hydrogen-bond donors (Lipinski definition) is 1. The number of carbonyl (C=O) groups excluding carboxylic acids is 1.